The van der Waals surface area contributed by atoms with E-state index in [4.69, 9.17) is 0 Å². The standard InChI is InChI=1S/C13H15N3O2S2/c1-8-5-4-6-10(9(8)2)14-12-15-16-13(20-12)19-7-11(17)18-3/h4-6H,7H2,1-3H3,(H,14,15). The summed E-state index contributed by atoms with van der Waals surface area (Å²) in [5.41, 5.74) is 3.43. The Hall–Kier alpha value is -1.60. The lowest BCUT2D eigenvalue weighted by Crippen LogP contribution is -2.02. The SMILES string of the molecule is COC(=O)CSc1nnc(Nc2cccc(C)c2C)s1. The van der Waals surface area contributed by atoms with Crippen molar-refractivity contribution in [3.05, 3.63) is 29.3 Å². The average Bonchev–Trinajstić information content (AvgIpc) is 2.89. The quantitative estimate of drug-likeness (QED) is 0.676. The number of carbonyl (C=O) groups is 1. The van der Waals surface area contributed by atoms with Crippen molar-refractivity contribution >= 4 is 39.9 Å². The second-order valence-corrected chi connectivity index (χ2v) is 6.31. The van der Waals surface area contributed by atoms with E-state index in [1.54, 1.807) is 0 Å². The third-order valence-electron chi connectivity index (χ3n) is 2.79. The summed E-state index contributed by atoms with van der Waals surface area (Å²) < 4.78 is 5.32. The van der Waals surface area contributed by atoms with Crippen molar-refractivity contribution in [1.29, 1.82) is 0 Å². The Bertz CT molecular complexity index is 613. The molecule has 0 fully saturated rings. The molecular formula is C13H15N3O2S2. The van der Waals surface area contributed by atoms with Crippen molar-refractivity contribution in [2.75, 3.05) is 18.2 Å². The fraction of sp³-hybridized carbons (Fsp3) is 0.308. The van der Waals surface area contributed by atoms with Crippen LogP contribution in [0, 0.1) is 13.8 Å². The first-order chi connectivity index (χ1) is 9.60. The number of rotatable bonds is 5. The van der Waals surface area contributed by atoms with Gasteiger partial charge in [-0.05, 0) is 31.0 Å². The van der Waals surface area contributed by atoms with Gasteiger partial charge >= 0.3 is 5.97 Å². The van der Waals surface area contributed by atoms with E-state index in [1.807, 2.05) is 12.1 Å². The van der Waals surface area contributed by atoms with Crippen LogP contribution in [0.1, 0.15) is 11.1 Å². The molecule has 5 nitrogen and oxygen atoms in total. The Morgan fingerprint density at radius 1 is 1.40 bits per heavy atom. The second-order valence-electron chi connectivity index (χ2n) is 4.11. The molecule has 2 aromatic rings. The van der Waals surface area contributed by atoms with Crippen molar-refractivity contribution in [3.8, 4) is 0 Å². The summed E-state index contributed by atoms with van der Waals surface area (Å²) in [5, 5.41) is 12.1. The van der Waals surface area contributed by atoms with Gasteiger partial charge in [-0.2, -0.15) is 0 Å². The van der Waals surface area contributed by atoms with Crippen LogP contribution >= 0.6 is 23.1 Å². The van der Waals surface area contributed by atoms with E-state index in [2.05, 4.69) is 40.2 Å². The minimum atomic E-state index is -0.269. The first-order valence-corrected chi connectivity index (χ1v) is 7.76. The molecule has 106 valence electrons. The van der Waals surface area contributed by atoms with Crippen molar-refractivity contribution in [2.24, 2.45) is 0 Å². The van der Waals surface area contributed by atoms with E-state index in [9.17, 15) is 4.79 Å². The number of nitrogens with zero attached hydrogens (tertiary/aromatic N) is 2. The molecule has 1 aromatic carbocycles. The lowest BCUT2D eigenvalue weighted by molar-refractivity contribution is -0.137. The highest BCUT2D eigenvalue weighted by Gasteiger charge is 2.09. The van der Waals surface area contributed by atoms with Gasteiger partial charge < -0.3 is 10.1 Å². The summed E-state index contributed by atoms with van der Waals surface area (Å²) in [6.45, 7) is 4.13. The Morgan fingerprint density at radius 3 is 2.95 bits per heavy atom. The smallest absolute Gasteiger partial charge is 0.316 e. The number of hydrogen-bond donors (Lipinski definition) is 1. The summed E-state index contributed by atoms with van der Waals surface area (Å²) in [5.74, 6) is -0.0246. The molecule has 0 aliphatic carbocycles. The fourth-order valence-electron chi connectivity index (χ4n) is 1.50. The number of benzene rings is 1. The van der Waals surface area contributed by atoms with E-state index >= 15 is 0 Å². The monoisotopic (exact) mass is 309 g/mol. The fourth-order valence-corrected chi connectivity index (χ4v) is 3.10. The minimum absolute atomic E-state index is 0.245. The molecule has 1 aromatic heterocycles. The van der Waals surface area contributed by atoms with Gasteiger partial charge in [0.25, 0.3) is 0 Å². The maximum absolute atomic E-state index is 11.1. The van der Waals surface area contributed by atoms with Gasteiger partial charge in [-0.3, -0.25) is 4.79 Å². The van der Waals surface area contributed by atoms with Crippen LogP contribution in [0.2, 0.25) is 0 Å². The maximum Gasteiger partial charge on any atom is 0.316 e. The Balaban J connectivity index is 2.02. The number of hydrogen-bond acceptors (Lipinski definition) is 7. The van der Waals surface area contributed by atoms with E-state index in [0.29, 0.717) is 5.13 Å². The Morgan fingerprint density at radius 2 is 2.20 bits per heavy atom. The van der Waals surface area contributed by atoms with Gasteiger partial charge in [-0.1, -0.05) is 35.2 Å². The molecule has 0 aliphatic rings. The molecule has 0 atom stereocenters. The zero-order valence-corrected chi connectivity index (χ0v) is 13.1. The third kappa shape index (κ3) is 3.71. The van der Waals surface area contributed by atoms with E-state index in [-0.39, 0.29) is 11.7 Å². The molecule has 0 saturated heterocycles. The molecule has 7 heteroatoms. The predicted octanol–water partition coefficient (Wildman–Crippen LogP) is 3.16. The highest BCUT2D eigenvalue weighted by atomic mass is 32.2. The van der Waals surface area contributed by atoms with Gasteiger partial charge in [-0.25, -0.2) is 0 Å². The summed E-state index contributed by atoms with van der Waals surface area (Å²) in [7, 11) is 1.37. The molecule has 2 rings (SSSR count). The lowest BCUT2D eigenvalue weighted by atomic mass is 10.1. The molecule has 0 spiro atoms. The van der Waals surface area contributed by atoms with E-state index < -0.39 is 0 Å². The van der Waals surface area contributed by atoms with Crippen molar-refractivity contribution in [2.45, 2.75) is 18.2 Å². The normalized spacial score (nSPS) is 10.3. The van der Waals surface area contributed by atoms with Crippen LogP contribution in [0.5, 0.6) is 0 Å². The van der Waals surface area contributed by atoms with Crippen molar-refractivity contribution in [1.82, 2.24) is 10.2 Å². The van der Waals surface area contributed by atoms with Crippen LogP contribution in [0.25, 0.3) is 0 Å². The molecule has 0 bridgehead atoms. The highest BCUT2D eigenvalue weighted by Crippen LogP contribution is 2.29. The Kier molecular flexibility index (Phi) is 4.97. The number of esters is 1. The van der Waals surface area contributed by atoms with Gasteiger partial charge in [-0.15, -0.1) is 10.2 Å². The molecule has 0 unspecified atom stereocenters. The summed E-state index contributed by atoms with van der Waals surface area (Å²) in [6, 6.07) is 6.07. The zero-order valence-electron chi connectivity index (χ0n) is 11.5. The number of thioether (sulfide) groups is 1. The Labute approximate surface area is 125 Å². The van der Waals surface area contributed by atoms with Gasteiger partial charge in [0.15, 0.2) is 4.34 Å². The predicted molar refractivity (Wildman–Crippen MR) is 81.8 cm³/mol. The largest absolute Gasteiger partial charge is 0.468 e. The molecule has 0 saturated carbocycles. The van der Waals surface area contributed by atoms with Crippen molar-refractivity contribution in [3.63, 3.8) is 0 Å². The van der Waals surface area contributed by atoms with Crippen LogP contribution in [0.15, 0.2) is 22.5 Å². The van der Waals surface area contributed by atoms with Crippen LogP contribution in [0.3, 0.4) is 0 Å². The number of anilines is 2. The van der Waals surface area contributed by atoms with Crippen LogP contribution in [-0.4, -0.2) is 29.0 Å². The summed E-state index contributed by atoms with van der Waals surface area (Å²) in [4.78, 5) is 11.1. The van der Waals surface area contributed by atoms with Gasteiger partial charge in [0.1, 0.15) is 0 Å². The van der Waals surface area contributed by atoms with Crippen LogP contribution in [0.4, 0.5) is 10.8 Å². The number of carbonyl (C=O) groups excluding carboxylic acids is 1. The molecule has 20 heavy (non-hydrogen) atoms. The van der Waals surface area contributed by atoms with E-state index in [1.165, 1.54) is 41.3 Å². The lowest BCUT2D eigenvalue weighted by Gasteiger charge is -2.08. The molecule has 1 heterocycles. The van der Waals surface area contributed by atoms with Crippen LogP contribution in [-0.2, 0) is 9.53 Å². The molecular weight excluding hydrogens is 294 g/mol. The third-order valence-corrected chi connectivity index (χ3v) is 4.74. The number of ether oxygens (including phenoxy) is 1. The summed E-state index contributed by atoms with van der Waals surface area (Å²) in [6.07, 6.45) is 0. The topological polar surface area (TPSA) is 64.1 Å². The van der Waals surface area contributed by atoms with E-state index in [0.717, 1.165) is 10.0 Å². The molecule has 0 amide bonds. The maximum atomic E-state index is 11.1. The zero-order chi connectivity index (χ0) is 14.5. The van der Waals surface area contributed by atoms with Crippen molar-refractivity contribution < 1.29 is 9.53 Å². The minimum Gasteiger partial charge on any atom is -0.468 e. The average molecular weight is 309 g/mol. The number of nitrogens with one attached hydrogen (secondary N) is 1. The molecule has 0 radical (unpaired) electrons. The number of methoxy groups -OCH3 is 1. The first-order valence-electron chi connectivity index (χ1n) is 5.96. The first kappa shape index (κ1) is 14.8. The van der Waals surface area contributed by atoms with Gasteiger partial charge in [0.2, 0.25) is 5.13 Å². The summed E-state index contributed by atoms with van der Waals surface area (Å²) >= 11 is 2.74. The van der Waals surface area contributed by atoms with Gasteiger partial charge in [0.05, 0.1) is 12.9 Å². The highest BCUT2D eigenvalue weighted by molar-refractivity contribution is 8.01. The molecule has 1 N–H and O–H groups in total. The van der Waals surface area contributed by atoms with Crippen LogP contribution < -0.4 is 5.32 Å². The second kappa shape index (κ2) is 6.71. The molecule has 0 aliphatic heterocycles. The number of aryl methyl sites for hydroxylation is 1. The number of aromatic nitrogens is 2. The van der Waals surface area contributed by atoms with Gasteiger partial charge in [0, 0.05) is 5.69 Å².